The van der Waals surface area contributed by atoms with Crippen molar-refractivity contribution >= 4 is 11.9 Å². The average Bonchev–Trinajstić information content (AvgIpc) is 2.97. The van der Waals surface area contributed by atoms with Crippen molar-refractivity contribution in [2.24, 2.45) is 9.98 Å². The van der Waals surface area contributed by atoms with Gasteiger partial charge in [0, 0.05) is 11.1 Å². The molecule has 1 heterocycles. The third-order valence-electron chi connectivity index (χ3n) is 5.12. The van der Waals surface area contributed by atoms with Gasteiger partial charge in [0.1, 0.15) is 0 Å². The van der Waals surface area contributed by atoms with E-state index < -0.39 is 5.66 Å². The molecule has 2 aromatic rings. The highest BCUT2D eigenvalue weighted by molar-refractivity contribution is 6.39. The van der Waals surface area contributed by atoms with Crippen molar-refractivity contribution in [2.45, 2.75) is 65.0 Å². The molecule has 2 aromatic carbocycles. The number of aliphatic imine (C=N–C) groups is 2. The summed E-state index contributed by atoms with van der Waals surface area (Å²) in [5.74, 6) is 0. The van der Waals surface area contributed by atoms with E-state index in [1.54, 1.807) is 0 Å². The summed E-state index contributed by atoms with van der Waals surface area (Å²) in [6.45, 7) is 15.5. The third-order valence-corrected chi connectivity index (χ3v) is 5.12. The maximum atomic E-state index is 4.94. The summed E-state index contributed by atoms with van der Waals surface area (Å²) >= 11 is 0. The van der Waals surface area contributed by atoms with Gasteiger partial charge < -0.3 is 0 Å². The van der Waals surface area contributed by atoms with Crippen molar-refractivity contribution in [2.75, 3.05) is 0 Å². The molecule has 0 aliphatic carbocycles. The van der Waals surface area contributed by atoms with Crippen LogP contribution in [0, 0.1) is 0 Å². The van der Waals surface area contributed by atoms with E-state index in [4.69, 9.17) is 9.98 Å². The van der Waals surface area contributed by atoms with E-state index in [1.807, 2.05) is 6.21 Å². The molecule has 1 aliphatic rings. The molecule has 0 aromatic heterocycles. The molecule has 1 atom stereocenters. The quantitative estimate of drug-likeness (QED) is 0.634. The molecule has 0 spiro atoms. The normalized spacial score (nSPS) is 20.3. The summed E-state index contributed by atoms with van der Waals surface area (Å²) in [5, 5.41) is 0. The maximum absolute atomic E-state index is 4.94. The molecule has 0 bridgehead atoms. The Hall–Kier alpha value is -2.22. The van der Waals surface area contributed by atoms with E-state index in [0.29, 0.717) is 0 Å². The van der Waals surface area contributed by atoms with Gasteiger partial charge in [-0.05, 0) is 28.9 Å². The molecule has 136 valence electrons. The fraction of sp³-hybridized carbons (Fsp3) is 0.417. The Balaban J connectivity index is 1.88. The molecular formula is C24H30N2. The molecule has 26 heavy (non-hydrogen) atoms. The first-order chi connectivity index (χ1) is 12.0. The van der Waals surface area contributed by atoms with E-state index in [-0.39, 0.29) is 10.8 Å². The number of hydrogen-bond donors (Lipinski definition) is 0. The highest BCUT2D eigenvalue weighted by Crippen LogP contribution is 2.33. The van der Waals surface area contributed by atoms with E-state index >= 15 is 0 Å². The molecule has 0 saturated carbocycles. The van der Waals surface area contributed by atoms with Gasteiger partial charge in [-0.2, -0.15) is 0 Å². The van der Waals surface area contributed by atoms with Gasteiger partial charge in [0.25, 0.3) is 0 Å². The van der Waals surface area contributed by atoms with Crippen LogP contribution in [0.5, 0.6) is 0 Å². The minimum absolute atomic E-state index is 0.154. The number of rotatable bonds is 2. The minimum atomic E-state index is -0.533. The van der Waals surface area contributed by atoms with Crippen LogP contribution in [0.25, 0.3) is 0 Å². The van der Waals surface area contributed by atoms with E-state index in [0.717, 1.165) is 16.8 Å². The SMILES string of the molecule is CC(C)(C)c1ccc(C2=NC(C)(c3ccc(C(C)(C)C)cc3)N=C2)cc1. The Bertz CT molecular complexity index is 841. The highest BCUT2D eigenvalue weighted by atomic mass is 15.1. The van der Waals surface area contributed by atoms with Crippen molar-refractivity contribution in [3.8, 4) is 0 Å². The van der Waals surface area contributed by atoms with Crippen LogP contribution in [0.4, 0.5) is 0 Å². The van der Waals surface area contributed by atoms with Crippen LogP contribution in [0.2, 0.25) is 0 Å². The number of benzene rings is 2. The molecule has 3 rings (SSSR count). The summed E-state index contributed by atoms with van der Waals surface area (Å²) in [6, 6.07) is 17.4. The monoisotopic (exact) mass is 346 g/mol. The second-order valence-corrected chi connectivity index (χ2v) is 9.43. The fourth-order valence-corrected chi connectivity index (χ4v) is 3.18. The second-order valence-electron chi connectivity index (χ2n) is 9.43. The Kier molecular flexibility index (Phi) is 4.42. The molecule has 2 heteroatoms. The lowest BCUT2D eigenvalue weighted by atomic mass is 9.86. The zero-order chi connectivity index (χ0) is 19.2. The van der Waals surface area contributed by atoms with Crippen molar-refractivity contribution in [3.05, 3.63) is 70.8 Å². The first kappa shape index (κ1) is 18.6. The van der Waals surface area contributed by atoms with Crippen LogP contribution in [-0.2, 0) is 16.5 Å². The van der Waals surface area contributed by atoms with Crippen molar-refractivity contribution in [3.63, 3.8) is 0 Å². The summed E-state index contributed by atoms with van der Waals surface area (Å²) in [5.41, 5.74) is 5.64. The van der Waals surface area contributed by atoms with Crippen LogP contribution >= 0.6 is 0 Å². The van der Waals surface area contributed by atoms with Crippen LogP contribution in [0.3, 0.4) is 0 Å². The van der Waals surface area contributed by atoms with Crippen molar-refractivity contribution in [1.82, 2.24) is 0 Å². The molecule has 0 radical (unpaired) electrons. The van der Waals surface area contributed by atoms with Gasteiger partial charge in [0.05, 0.1) is 11.9 Å². The van der Waals surface area contributed by atoms with Gasteiger partial charge in [0.15, 0.2) is 5.66 Å². The Morgan fingerprint density at radius 2 is 1.15 bits per heavy atom. The first-order valence-electron chi connectivity index (χ1n) is 9.36. The largest absolute Gasteiger partial charge is 0.257 e. The van der Waals surface area contributed by atoms with Gasteiger partial charge in [-0.3, -0.25) is 4.99 Å². The summed E-state index contributed by atoms with van der Waals surface area (Å²) < 4.78 is 0. The molecule has 1 aliphatic heterocycles. The summed E-state index contributed by atoms with van der Waals surface area (Å²) in [7, 11) is 0. The smallest absolute Gasteiger partial charge is 0.173 e. The van der Waals surface area contributed by atoms with Crippen LogP contribution < -0.4 is 0 Å². The van der Waals surface area contributed by atoms with Gasteiger partial charge in [0.2, 0.25) is 0 Å². The Labute approximate surface area is 158 Å². The molecule has 0 N–H and O–H groups in total. The van der Waals surface area contributed by atoms with Crippen molar-refractivity contribution in [1.29, 1.82) is 0 Å². The number of nitrogens with zero attached hydrogens (tertiary/aromatic N) is 2. The van der Waals surface area contributed by atoms with E-state index in [1.165, 1.54) is 11.1 Å². The molecule has 0 saturated heterocycles. The Morgan fingerprint density at radius 1 is 0.692 bits per heavy atom. The summed E-state index contributed by atoms with van der Waals surface area (Å²) in [6.07, 6.45) is 1.91. The van der Waals surface area contributed by atoms with Gasteiger partial charge in [-0.15, -0.1) is 0 Å². The van der Waals surface area contributed by atoms with E-state index in [2.05, 4.69) is 97.0 Å². The molecule has 1 unspecified atom stereocenters. The predicted octanol–water partition coefficient (Wildman–Crippen LogP) is 6.03. The standard InChI is InChI=1S/C24H30N2/c1-22(2,3)18-10-8-17(9-11-18)21-16-25-24(7,26-21)20-14-12-19(13-15-20)23(4,5)6/h8-16H,1-7H3. The zero-order valence-electron chi connectivity index (χ0n) is 17.1. The maximum Gasteiger partial charge on any atom is 0.173 e. The molecule has 0 fully saturated rings. The average molecular weight is 347 g/mol. The van der Waals surface area contributed by atoms with Crippen LogP contribution in [-0.4, -0.2) is 11.9 Å². The van der Waals surface area contributed by atoms with Crippen LogP contribution in [0.15, 0.2) is 58.5 Å². The van der Waals surface area contributed by atoms with E-state index in [9.17, 15) is 0 Å². The van der Waals surface area contributed by atoms with Gasteiger partial charge in [-0.25, -0.2) is 4.99 Å². The first-order valence-corrected chi connectivity index (χ1v) is 9.36. The Morgan fingerprint density at radius 3 is 1.62 bits per heavy atom. The second kappa shape index (κ2) is 6.19. The topological polar surface area (TPSA) is 24.7 Å². The number of hydrogen-bond acceptors (Lipinski definition) is 2. The summed E-state index contributed by atoms with van der Waals surface area (Å²) in [4.78, 5) is 9.67. The van der Waals surface area contributed by atoms with Gasteiger partial charge >= 0.3 is 0 Å². The van der Waals surface area contributed by atoms with Crippen molar-refractivity contribution < 1.29 is 0 Å². The fourth-order valence-electron chi connectivity index (χ4n) is 3.18. The third kappa shape index (κ3) is 3.65. The predicted molar refractivity (Wildman–Crippen MR) is 113 cm³/mol. The van der Waals surface area contributed by atoms with Gasteiger partial charge in [-0.1, -0.05) is 90.1 Å². The lowest BCUT2D eigenvalue weighted by Gasteiger charge is -2.22. The highest BCUT2D eigenvalue weighted by Gasteiger charge is 2.29. The molecule has 2 nitrogen and oxygen atoms in total. The lowest BCUT2D eigenvalue weighted by molar-refractivity contribution is 0.539. The molecular weight excluding hydrogens is 316 g/mol. The van der Waals surface area contributed by atoms with Crippen LogP contribution in [0.1, 0.15) is 70.7 Å². The molecule has 0 amide bonds. The minimum Gasteiger partial charge on any atom is -0.257 e. The lowest BCUT2D eigenvalue weighted by Crippen LogP contribution is -2.16. The zero-order valence-corrected chi connectivity index (χ0v) is 17.1.